The average Bonchev–Trinajstić information content (AvgIpc) is 2.64. The maximum atomic E-state index is 6.20. The quantitative estimate of drug-likeness (QED) is 0.640. The van der Waals surface area contributed by atoms with E-state index < -0.39 is 0 Å². The Bertz CT molecular complexity index is 704. The van der Waals surface area contributed by atoms with E-state index in [1.807, 2.05) is 24.3 Å². The van der Waals surface area contributed by atoms with E-state index in [1.165, 1.54) is 11.1 Å². The Labute approximate surface area is 166 Å². The smallest absolute Gasteiger partial charge is 0.124 e. The summed E-state index contributed by atoms with van der Waals surface area (Å²) in [7, 11) is 4.39. The van der Waals surface area contributed by atoms with E-state index >= 15 is 0 Å². The predicted molar refractivity (Wildman–Crippen MR) is 115 cm³/mol. The molecule has 0 fully saturated rings. The van der Waals surface area contributed by atoms with Gasteiger partial charge in [0.1, 0.15) is 12.4 Å². The first-order valence-electron chi connectivity index (χ1n) is 9.81. The monoisotopic (exact) mass is 368 g/mol. The molecule has 3 heteroatoms. The zero-order valence-corrected chi connectivity index (χ0v) is 18.1. The lowest BCUT2D eigenvalue weighted by molar-refractivity contribution is 0.104. The van der Waals surface area contributed by atoms with Gasteiger partial charge < -0.3 is 9.64 Å². The summed E-state index contributed by atoms with van der Waals surface area (Å²) < 4.78 is 6.20. The fraction of sp³-hybridized carbons (Fsp3) is 0.500. The molecule has 2 rings (SSSR count). The predicted octanol–water partition coefficient (Wildman–Crippen LogP) is 5.16. The van der Waals surface area contributed by atoms with Crippen LogP contribution in [0.2, 0.25) is 0 Å². The van der Waals surface area contributed by atoms with Gasteiger partial charge in [0, 0.05) is 29.7 Å². The molecular formula is C24H36N2O. The summed E-state index contributed by atoms with van der Waals surface area (Å²) >= 11 is 0. The molecule has 0 amide bonds. The van der Waals surface area contributed by atoms with E-state index in [2.05, 4.69) is 88.8 Å². The Kier molecular flexibility index (Phi) is 7.07. The van der Waals surface area contributed by atoms with Crippen LogP contribution in [0.3, 0.4) is 0 Å². The van der Waals surface area contributed by atoms with E-state index in [0.717, 1.165) is 18.8 Å². The van der Waals surface area contributed by atoms with Gasteiger partial charge in [-0.1, -0.05) is 48.5 Å². The Morgan fingerprint density at radius 3 is 1.93 bits per heavy atom. The SMILES string of the molecule is CN(CCN(C)C(C)(C)c1ccccc1OCc1ccccc1)C(C)(C)C. The zero-order chi connectivity index (χ0) is 20.1. The third-order valence-electron chi connectivity index (χ3n) is 5.65. The molecule has 0 aliphatic rings. The zero-order valence-electron chi connectivity index (χ0n) is 18.1. The molecule has 0 aromatic heterocycles. The van der Waals surface area contributed by atoms with Crippen LogP contribution in [-0.4, -0.2) is 42.5 Å². The second-order valence-electron chi connectivity index (χ2n) is 8.84. The molecule has 0 aliphatic carbocycles. The van der Waals surface area contributed by atoms with Crippen molar-refractivity contribution < 1.29 is 4.74 Å². The van der Waals surface area contributed by atoms with Gasteiger partial charge in [-0.05, 0) is 60.3 Å². The molecule has 0 spiro atoms. The molecule has 0 bridgehead atoms. The van der Waals surface area contributed by atoms with E-state index in [1.54, 1.807) is 0 Å². The van der Waals surface area contributed by atoms with Crippen molar-refractivity contribution in [3.05, 3.63) is 65.7 Å². The number of hydrogen-bond acceptors (Lipinski definition) is 3. The Balaban J connectivity index is 2.10. The van der Waals surface area contributed by atoms with Crippen LogP contribution in [-0.2, 0) is 12.1 Å². The molecule has 3 nitrogen and oxygen atoms in total. The third-order valence-corrected chi connectivity index (χ3v) is 5.65. The van der Waals surface area contributed by atoms with Gasteiger partial charge in [0.2, 0.25) is 0 Å². The molecule has 0 heterocycles. The molecule has 148 valence electrons. The lowest BCUT2D eigenvalue weighted by Crippen LogP contribution is -2.46. The molecule has 0 saturated heterocycles. The van der Waals surface area contributed by atoms with E-state index in [-0.39, 0.29) is 11.1 Å². The summed E-state index contributed by atoms with van der Waals surface area (Å²) in [6.45, 7) is 13.9. The topological polar surface area (TPSA) is 15.7 Å². The Morgan fingerprint density at radius 1 is 0.741 bits per heavy atom. The number of ether oxygens (including phenoxy) is 1. The molecule has 2 aromatic carbocycles. The minimum absolute atomic E-state index is 0.119. The van der Waals surface area contributed by atoms with Gasteiger partial charge in [-0.2, -0.15) is 0 Å². The summed E-state index contributed by atoms with van der Waals surface area (Å²) in [6, 6.07) is 18.7. The number of benzene rings is 2. The largest absolute Gasteiger partial charge is 0.489 e. The van der Waals surface area contributed by atoms with Crippen molar-refractivity contribution in [2.45, 2.75) is 52.3 Å². The highest BCUT2D eigenvalue weighted by Crippen LogP contribution is 2.34. The lowest BCUT2D eigenvalue weighted by Gasteiger charge is -2.40. The lowest BCUT2D eigenvalue weighted by atomic mass is 9.91. The van der Waals surface area contributed by atoms with Gasteiger partial charge in [0.15, 0.2) is 0 Å². The highest BCUT2D eigenvalue weighted by molar-refractivity contribution is 5.38. The van der Waals surface area contributed by atoms with Gasteiger partial charge in [-0.25, -0.2) is 0 Å². The molecule has 0 saturated carbocycles. The van der Waals surface area contributed by atoms with Gasteiger partial charge in [-0.3, -0.25) is 4.90 Å². The molecular weight excluding hydrogens is 332 g/mol. The second kappa shape index (κ2) is 8.90. The molecule has 0 unspecified atom stereocenters. The number of para-hydroxylation sites is 1. The maximum Gasteiger partial charge on any atom is 0.124 e. The van der Waals surface area contributed by atoms with Gasteiger partial charge in [0.05, 0.1) is 0 Å². The fourth-order valence-electron chi connectivity index (χ4n) is 2.95. The number of hydrogen-bond donors (Lipinski definition) is 0. The van der Waals surface area contributed by atoms with Crippen LogP contribution in [0.25, 0.3) is 0 Å². The van der Waals surface area contributed by atoms with Crippen molar-refractivity contribution in [1.82, 2.24) is 9.80 Å². The van der Waals surface area contributed by atoms with Crippen molar-refractivity contribution in [2.75, 3.05) is 27.2 Å². The summed E-state index contributed by atoms with van der Waals surface area (Å²) in [5.74, 6) is 0.961. The highest BCUT2D eigenvalue weighted by Gasteiger charge is 2.29. The first-order valence-corrected chi connectivity index (χ1v) is 9.81. The fourth-order valence-corrected chi connectivity index (χ4v) is 2.95. The van der Waals surface area contributed by atoms with E-state index in [4.69, 9.17) is 4.74 Å². The van der Waals surface area contributed by atoms with Crippen LogP contribution in [0.4, 0.5) is 0 Å². The van der Waals surface area contributed by atoms with Crippen LogP contribution >= 0.6 is 0 Å². The normalized spacial score (nSPS) is 12.6. The first kappa shape index (κ1) is 21.5. The molecule has 0 radical (unpaired) electrons. The number of nitrogens with zero attached hydrogens (tertiary/aromatic N) is 2. The van der Waals surface area contributed by atoms with Crippen molar-refractivity contribution in [3.63, 3.8) is 0 Å². The molecule has 0 N–H and O–H groups in total. The molecule has 2 aromatic rings. The summed E-state index contributed by atoms with van der Waals surface area (Å²) in [5.41, 5.74) is 2.47. The Hall–Kier alpha value is -1.84. The maximum absolute atomic E-state index is 6.20. The van der Waals surface area contributed by atoms with Crippen LogP contribution in [0.1, 0.15) is 45.7 Å². The van der Waals surface area contributed by atoms with Crippen LogP contribution < -0.4 is 4.74 Å². The highest BCUT2D eigenvalue weighted by atomic mass is 16.5. The van der Waals surface area contributed by atoms with Crippen LogP contribution in [0, 0.1) is 0 Å². The summed E-state index contributed by atoms with van der Waals surface area (Å²) in [5, 5.41) is 0. The number of rotatable bonds is 8. The minimum Gasteiger partial charge on any atom is -0.489 e. The van der Waals surface area contributed by atoms with E-state index in [0.29, 0.717) is 6.61 Å². The van der Waals surface area contributed by atoms with E-state index in [9.17, 15) is 0 Å². The standard InChI is InChI=1S/C24H36N2O/c1-23(2,3)25(6)17-18-26(7)24(4,5)21-15-11-12-16-22(21)27-19-20-13-9-8-10-14-20/h8-16H,17-19H2,1-7H3. The van der Waals surface area contributed by atoms with Crippen molar-refractivity contribution in [3.8, 4) is 5.75 Å². The number of likely N-dealkylation sites (N-methyl/N-ethyl adjacent to an activating group) is 2. The third kappa shape index (κ3) is 5.82. The van der Waals surface area contributed by atoms with Gasteiger partial charge >= 0.3 is 0 Å². The van der Waals surface area contributed by atoms with Gasteiger partial charge in [-0.15, -0.1) is 0 Å². The average molecular weight is 369 g/mol. The summed E-state index contributed by atoms with van der Waals surface area (Å²) in [4.78, 5) is 4.82. The molecule has 0 aliphatic heterocycles. The molecule has 27 heavy (non-hydrogen) atoms. The van der Waals surface area contributed by atoms with Gasteiger partial charge in [0.25, 0.3) is 0 Å². The van der Waals surface area contributed by atoms with Crippen molar-refractivity contribution in [2.24, 2.45) is 0 Å². The Morgan fingerprint density at radius 2 is 1.30 bits per heavy atom. The summed E-state index contributed by atoms with van der Waals surface area (Å²) in [6.07, 6.45) is 0. The van der Waals surface area contributed by atoms with Crippen molar-refractivity contribution in [1.29, 1.82) is 0 Å². The second-order valence-corrected chi connectivity index (χ2v) is 8.84. The van der Waals surface area contributed by atoms with Crippen LogP contribution in [0.15, 0.2) is 54.6 Å². The van der Waals surface area contributed by atoms with Crippen LogP contribution in [0.5, 0.6) is 5.75 Å². The minimum atomic E-state index is -0.119. The molecule has 0 atom stereocenters. The first-order chi connectivity index (χ1) is 12.6. The van der Waals surface area contributed by atoms with Crippen molar-refractivity contribution >= 4 is 0 Å².